The topological polar surface area (TPSA) is 17.8 Å². The van der Waals surface area contributed by atoms with E-state index >= 15 is 0 Å². The number of benzene rings is 1. The van der Waals surface area contributed by atoms with Crippen LogP contribution in [0, 0.1) is 17.6 Å². The highest BCUT2D eigenvalue weighted by atomic mass is 35.5. The minimum Gasteiger partial charge on any atom is -0.324 e. The van der Waals surface area contributed by atoms with Crippen LogP contribution in [0.5, 0.6) is 0 Å². The number of fused-ring (bicyclic) bond motifs is 1. The number of rotatable bonds is 4. The Labute approximate surface area is 115 Å². The van der Waals surface area contributed by atoms with Crippen LogP contribution in [0.1, 0.15) is 31.5 Å². The maximum Gasteiger partial charge on any atom is 0.184 e. The zero-order valence-corrected chi connectivity index (χ0v) is 11.3. The molecule has 1 heterocycles. The van der Waals surface area contributed by atoms with Gasteiger partial charge >= 0.3 is 0 Å². The summed E-state index contributed by atoms with van der Waals surface area (Å²) in [7, 11) is 0. The first kappa shape index (κ1) is 12.9. The highest BCUT2D eigenvalue weighted by Gasteiger charge is 2.20. The molecule has 1 saturated carbocycles. The third-order valence-corrected chi connectivity index (χ3v) is 4.22. The summed E-state index contributed by atoms with van der Waals surface area (Å²) in [6.07, 6.45) is 4.73. The lowest BCUT2D eigenvalue weighted by Crippen LogP contribution is -2.15. The van der Waals surface area contributed by atoms with Crippen LogP contribution in [0.3, 0.4) is 0 Å². The van der Waals surface area contributed by atoms with Crippen molar-refractivity contribution in [1.29, 1.82) is 0 Å². The van der Waals surface area contributed by atoms with Crippen LogP contribution in [-0.2, 0) is 12.4 Å². The van der Waals surface area contributed by atoms with E-state index < -0.39 is 11.6 Å². The molecule has 1 aliphatic carbocycles. The number of aromatic nitrogens is 2. The maximum atomic E-state index is 13.9. The molecule has 1 aliphatic rings. The van der Waals surface area contributed by atoms with Gasteiger partial charge < -0.3 is 4.57 Å². The first-order chi connectivity index (χ1) is 9.20. The number of aryl methyl sites for hydroxylation is 1. The van der Waals surface area contributed by atoms with Gasteiger partial charge in [-0.15, -0.1) is 11.6 Å². The van der Waals surface area contributed by atoms with Crippen LogP contribution in [0.4, 0.5) is 8.78 Å². The SMILES string of the molecule is Fc1ccc2nc(CCl)n(CCC3CCC3)c2c1F. The molecular formula is C14H15ClF2N2. The van der Waals surface area contributed by atoms with E-state index in [1.165, 1.54) is 25.3 Å². The predicted molar refractivity (Wildman–Crippen MR) is 71.2 cm³/mol. The maximum absolute atomic E-state index is 13.9. The first-order valence-electron chi connectivity index (χ1n) is 6.59. The highest BCUT2D eigenvalue weighted by molar-refractivity contribution is 6.16. The average molecular weight is 285 g/mol. The van der Waals surface area contributed by atoms with Crippen molar-refractivity contribution in [3.05, 3.63) is 29.6 Å². The molecule has 1 aromatic carbocycles. The van der Waals surface area contributed by atoms with Gasteiger partial charge in [0.15, 0.2) is 11.6 Å². The minimum absolute atomic E-state index is 0.209. The summed E-state index contributed by atoms with van der Waals surface area (Å²) in [5.41, 5.74) is 0.720. The fraction of sp³-hybridized carbons (Fsp3) is 0.500. The fourth-order valence-electron chi connectivity index (χ4n) is 2.64. The van der Waals surface area contributed by atoms with Gasteiger partial charge in [0, 0.05) is 6.54 Å². The monoisotopic (exact) mass is 284 g/mol. The molecule has 0 spiro atoms. The molecule has 2 aromatic rings. The van der Waals surface area contributed by atoms with Crippen LogP contribution in [0.15, 0.2) is 12.1 Å². The molecule has 0 bridgehead atoms. The number of halogens is 3. The van der Waals surface area contributed by atoms with E-state index in [-0.39, 0.29) is 11.4 Å². The molecule has 0 atom stereocenters. The molecule has 0 N–H and O–H groups in total. The standard InChI is InChI=1S/C14H15ClF2N2/c15-8-12-18-11-5-4-10(16)13(17)14(11)19(12)7-6-9-2-1-3-9/h4-5,9H,1-3,6-8H2. The van der Waals surface area contributed by atoms with Gasteiger partial charge in [0.2, 0.25) is 0 Å². The smallest absolute Gasteiger partial charge is 0.184 e. The zero-order valence-electron chi connectivity index (χ0n) is 10.5. The van der Waals surface area contributed by atoms with Crippen molar-refractivity contribution in [2.75, 3.05) is 0 Å². The second-order valence-corrected chi connectivity index (χ2v) is 5.40. The molecule has 1 fully saturated rings. The summed E-state index contributed by atoms with van der Waals surface area (Å²) in [6.45, 7) is 0.656. The van der Waals surface area contributed by atoms with Crippen molar-refractivity contribution in [2.45, 2.75) is 38.1 Å². The second-order valence-electron chi connectivity index (χ2n) is 5.13. The van der Waals surface area contributed by atoms with Crippen LogP contribution in [0.25, 0.3) is 11.0 Å². The van der Waals surface area contributed by atoms with Crippen molar-refractivity contribution in [3.63, 3.8) is 0 Å². The molecule has 0 unspecified atom stereocenters. The van der Waals surface area contributed by atoms with Gasteiger partial charge in [-0.1, -0.05) is 19.3 Å². The largest absolute Gasteiger partial charge is 0.324 e. The molecule has 1 aromatic heterocycles. The van der Waals surface area contributed by atoms with Gasteiger partial charge in [-0.3, -0.25) is 0 Å². The quantitative estimate of drug-likeness (QED) is 0.768. The van der Waals surface area contributed by atoms with Crippen LogP contribution < -0.4 is 0 Å². The summed E-state index contributed by atoms with van der Waals surface area (Å²) >= 11 is 5.86. The first-order valence-corrected chi connectivity index (χ1v) is 7.13. The Morgan fingerprint density at radius 3 is 2.74 bits per heavy atom. The van der Waals surface area contributed by atoms with Crippen molar-refractivity contribution in [1.82, 2.24) is 9.55 Å². The minimum atomic E-state index is -0.835. The summed E-state index contributed by atoms with van der Waals surface area (Å²) in [4.78, 5) is 4.28. The van der Waals surface area contributed by atoms with Gasteiger partial charge in [0.25, 0.3) is 0 Å². The molecule has 0 amide bonds. The molecule has 0 aliphatic heterocycles. The van der Waals surface area contributed by atoms with E-state index in [4.69, 9.17) is 11.6 Å². The van der Waals surface area contributed by atoms with E-state index in [9.17, 15) is 8.78 Å². The van der Waals surface area contributed by atoms with Crippen LogP contribution >= 0.6 is 11.6 Å². The summed E-state index contributed by atoms with van der Waals surface area (Å²) < 4.78 is 29.1. The lowest BCUT2D eigenvalue weighted by molar-refractivity contribution is 0.282. The summed E-state index contributed by atoms with van der Waals surface area (Å²) in [6, 6.07) is 2.61. The summed E-state index contributed by atoms with van der Waals surface area (Å²) in [5.74, 6) is -0.133. The van der Waals surface area contributed by atoms with E-state index in [0.717, 1.165) is 12.5 Å². The molecule has 5 heteroatoms. The van der Waals surface area contributed by atoms with Gasteiger partial charge in [0.1, 0.15) is 11.3 Å². The lowest BCUT2D eigenvalue weighted by Gasteiger charge is -2.25. The number of hydrogen-bond donors (Lipinski definition) is 0. The Bertz CT molecular complexity index is 605. The van der Waals surface area contributed by atoms with Crippen molar-refractivity contribution in [2.24, 2.45) is 5.92 Å². The molecule has 0 radical (unpaired) electrons. The zero-order chi connectivity index (χ0) is 13.4. The van der Waals surface area contributed by atoms with E-state index in [1.54, 1.807) is 4.57 Å². The van der Waals surface area contributed by atoms with Crippen LogP contribution in [-0.4, -0.2) is 9.55 Å². The van der Waals surface area contributed by atoms with Gasteiger partial charge in [0.05, 0.1) is 11.4 Å². The molecular weight excluding hydrogens is 270 g/mol. The Balaban J connectivity index is 2.00. The van der Waals surface area contributed by atoms with Crippen molar-refractivity contribution >= 4 is 22.6 Å². The number of hydrogen-bond acceptors (Lipinski definition) is 1. The molecule has 0 saturated heterocycles. The molecule has 3 rings (SSSR count). The van der Waals surface area contributed by atoms with Crippen molar-refractivity contribution < 1.29 is 8.78 Å². The van der Waals surface area contributed by atoms with E-state index in [2.05, 4.69) is 4.98 Å². The van der Waals surface area contributed by atoms with Gasteiger partial charge in [-0.25, -0.2) is 13.8 Å². The van der Waals surface area contributed by atoms with Crippen molar-refractivity contribution in [3.8, 4) is 0 Å². The summed E-state index contributed by atoms with van der Waals surface area (Å²) in [5, 5.41) is 0. The lowest BCUT2D eigenvalue weighted by atomic mass is 9.83. The highest BCUT2D eigenvalue weighted by Crippen LogP contribution is 2.31. The van der Waals surface area contributed by atoms with Crippen LogP contribution in [0.2, 0.25) is 0 Å². The number of imidazole rings is 1. The van der Waals surface area contributed by atoms with Gasteiger partial charge in [-0.2, -0.15) is 0 Å². The number of alkyl halides is 1. The molecule has 2 nitrogen and oxygen atoms in total. The predicted octanol–water partition coefficient (Wildman–Crippen LogP) is 4.24. The normalized spacial score (nSPS) is 15.9. The Morgan fingerprint density at radius 2 is 2.11 bits per heavy atom. The van der Waals surface area contributed by atoms with E-state index in [0.29, 0.717) is 23.8 Å². The Morgan fingerprint density at radius 1 is 1.32 bits per heavy atom. The fourth-order valence-corrected chi connectivity index (χ4v) is 2.85. The van der Waals surface area contributed by atoms with E-state index in [1.807, 2.05) is 0 Å². The van der Waals surface area contributed by atoms with Gasteiger partial charge in [-0.05, 0) is 24.5 Å². The third kappa shape index (κ3) is 2.22. The Kier molecular flexibility index (Phi) is 3.44. The number of nitrogens with zero attached hydrogens (tertiary/aromatic N) is 2. The third-order valence-electron chi connectivity index (χ3n) is 3.98. The Hall–Kier alpha value is -1.16. The average Bonchev–Trinajstić information content (AvgIpc) is 2.71. The molecule has 102 valence electrons. The molecule has 19 heavy (non-hydrogen) atoms. The second kappa shape index (κ2) is 5.08.